The second kappa shape index (κ2) is 5.61. The maximum absolute atomic E-state index is 12.3. The molecular weight excluding hydrogens is 308 g/mol. The predicted molar refractivity (Wildman–Crippen MR) is 78.4 cm³/mol. The third kappa shape index (κ3) is 2.89. The fourth-order valence-corrected chi connectivity index (χ4v) is 2.33. The molecule has 19 heavy (non-hydrogen) atoms. The minimum Gasteiger partial charge on any atom is -0.342 e. The van der Waals surface area contributed by atoms with E-state index in [0.29, 0.717) is 11.5 Å². The molecule has 5 nitrogen and oxygen atoms in total. The van der Waals surface area contributed by atoms with Crippen LogP contribution < -0.4 is 5.32 Å². The van der Waals surface area contributed by atoms with Crippen LogP contribution in [0.5, 0.6) is 0 Å². The van der Waals surface area contributed by atoms with Crippen molar-refractivity contribution in [2.75, 3.05) is 5.32 Å². The first-order valence-corrected chi connectivity index (χ1v) is 7.00. The number of hydrogen-bond donors (Lipinski definition) is 2. The number of H-pyrrole nitrogens is 1. The van der Waals surface area contributed by atoms with E-state index in [1.54, 1.807) is 0 Å². The van der Waals surface area contributed by atoms with Crippen molar-refractivity contribution in [1.29, 1.82) is 0 Å². The quantitative estimate of drug-likeness (QED) is 0.906. The summed E-state index contributed by atoms with van der Waals surface area (Å²) in [5, 5.41) is 9.78. The van der Waals surface area contributed by atoms with E-state index in [2.05, 4.69) is 38.4 Å². The van der Waals surface area contributed by atoms with Gasteiger partial charge in [0, 0.05) is 28.5 Å². The Hall–Kier alpha value is -1.56. The Morgan fingerprint density at radius 1 is 1.53 bits per heavy atom. The Morgan fingerprint density at radius 2 is 2.26 bits per heavy atom. The molecule has 2 rings (SSSR count). The highest BCUT2D eigenvalue weighted by atomic mass is 79.9. The van der Waals surface area contributed by atoms with Gasteiger partial charge in [0.15, 0.2) is 5.82 Å². The maximum atomic E-state index is 12.3. The summed E-state index contributed by atoms with van der Waals surface area (Å²) in [4.78, 5) is 12.3. The van der Waals surface area contributed by atoms with Crippen LogP contribution in [0.15, 0.2) is 16.7 Å². The molecule has 1 amide bonds. The molecule has 6 heteroatoms. The number of aryl methyl sites for hydroxylation is 2. The third-order valence-corrected chi connectivity index (χ3v) is 3.48. The first kappa shape index (κ1) is 13.9. The Bertz CT molecular complexity index is 600. The highest BCUT2D eigenvalue weighted by molar-refractivity contribution is 9.10. The van der Waals surface area contributed by atoms with E-state index in [9.17, 15) is 4.79 Å². The average molecular weight is 325 g/mol. The van der Waals surface area contributed by atoms with E-state index in [-0.39, 0.29) is 5.91 Å². The molecule has 0 bridgehead atoms. The van der Waals surface area contributed by atoms with Gasteiger partial charge in [-0.05, 0) is 42.3 Å². The van der Waals surface area contributed by atoms with Crippen molar-refractivity contribution >= 4 is 27.7 Å². The van der Waals surface area contributed by atoms with Crippen LogP contribution >= 0.6 is 15.9 Å². The molecule has 2 aromatic heterocycles. The van der Waals surface area contributed by atoms with Crippen LogP contribution in [0.1, 0.15) is 35.1 Å². The van der Waals surface area contributed by atoms with Crippen molar-refractivity contribution < 1.29 is 4.79 Å². The molecule has 0 aliphatic carbocycles. The van der Waals surface area contributed by atoms with Crippen LogP contribution in [-0.4, -0.2) is 20.7 Å². The smallest absolute Gasteiger partial charge is 0.273 e. The SMILES string of the molecule is CCCn1cc(Br)cc1C(=O)Nc1n[nH]c(C)c1C. The number of carbonyl (C=O) groups is 1. The van der Waals surface area contributed by atoms with E-state index in [1.165, 1.54) is 0 Å². The van der Waals surface area contributed by atoms with Gasteiger partial charge in [-0.1, -0.05) is 6.92 Å². The summed E-state index contributed by atoms with van der Waals surface area (Å²) in [6.45, 7) is 6.74. The van der Waals surface area contributed by atoms with Crippen molar-refractivity contribution in [2.45, 2.75) is 33.7 Å². The first-order chi connectivity index (χ1) is 9.02. The molecular formula is C13H17BrN4O. The van der Waals surface area contributed by atoms with Crippen LogP contribution in [0.2, 0.25) is 0 Å². The number of nitrogens with one attached hydrogen (secondary N) is 2. The average Bonchev–Trinajstić information content (AvgIpc) is 2.87. The lowest BCUT2D eigenvalue weighted by atomic mass is 10.2. The van der Waals surface area contributed by atoms with Crippen molar-refractivity contribution in [3.8, 4) is 0 Å². The van der Waals surface area contributed by atoms with Crippen molar-refractivity contribution in [2.24, 2.45) is 0 Å². The minimum absolute atomic E-state index is 0.145. The fourth-order valence-electron chi connectivity index (χ4n) is 1.87. The van der Waals surface area contributed by atoms with Crippen LogP contribution in [0.25, 0.3) is 0 Å². The largest absolute Gasteiger partial charge is 0.342 e. The first-order valence-electron chi connectivity index (χ1n) is 6.21. The summed E-state index contributed by atoms with van der Waals surface area (Å²) in [5.74, 6) is 0.441. The summed E-state index contributed by atoms with van der Waals surface area (Å²) < 4.78 is 2.84. The minimum atomic E-state index is -0.145. The van der Waals surface area contributed by atoms with Crippen LogP contribution in [0.4, 0.5) is 5.82 Å². The summed E-state index contributed by atoms with van der Waals surface area (Å²) >= 11 is 3.40. The molecule has 0 aliphatic rings. The van der Waals surface area contributed by atoms with Crippen LogP contribution in [0, 0.1) is 13.8 Å². The summed E-state index contributed by atoms with van der Waals surface area (Å²) in [7, 11) is 0. The number of hydrogen-bond acceptors (Lipinski definition) is 2. The van der Waals surface area contributed by atoms with Gasteiger partial charge in [0.25, 0.3) is 5.91 Å². The number of aromatic nitrogens is 3. The number of amides is 1. The number of rotatable bonds is 4. The summed E-state index contributed by atoms with van der Waals surface area (Å²) in [5.41, 5.74) is 2.55. The Morgan fingerprint density at radius 3 is 2.84 bits per heavy atom. The molecule has 0 atom stereocenters. The van der Waals surface area contributed by atoms with Crippen molar-refractivity contribution in [3.63, 3.8) is 0 Å². The molecule has 2 heterocycles. The Labute approximate surface area is 120 Å². The van der Waals surface area contributed by atoms with Gasteiger partial charge in [-0.15, -0.1) is 0 Å². The molecule has 0 aliphatic heterocycles. The predicted octanol–water partition coefficient (Wildman–Crippen LogP) is 3.25. The Kier molecular flexibility index (Phi) is 4.09. The highest BCUT2D eigenvalue weighted by Gasteiger charge is 2.15. The van der Waals surface area contributed by atoms with Gasteiger partial charge in [0.1, 0.15) is 5.69 Å². The zero-order chi connectivity index (χ0) is 14.0. The van der Waals surface area contributed by atoms with Gasteiger partial charge in [-0.25, -0.2) is 0 Å². The second-order valence-electron chi connectivity index (χ2n) is 4.51. The molecule has 0 radical (unpaired) electrons. The number of halogens is 1. The van der Waals surface area contributed by atoms with Crippen molar-refractivity contribution in [3.05, 3.63) is 33.7 Å². The lowest BCUT2D eigenvalue weighted by Crippen LogP contribution is -2.17. The molecule has 0 fully saturated rings. The molecule has 0 saturated heterocycles. The zero-order valence-corrected chi connectivity index (χ0v) is 12.8. The number of nitrogens with zero attached hydrogens (tertiary/aromatic N) is 2. The summed E-state index contributed by atoms with van der Waals surface area (Å²) in [6.07, 6.45) is 2.89. The van der Waals surface area contributed by atoms with E-state index >= 15 is 0 Å². The molecule has 0 spiro atoms. The highest BCUT2D eigenvalue weighted by Crippen LogP contribution is 2.19. The summed E-state index contributed by atoms with van der Waals surface area (Å²) in [6, 6.07) is 1.82. The molecule has 102 valence electrons. The van der Waals surface area contributed by atoms with Gasteiger partial charge in [-0.3, -0.25) is 9.89 Å². The lowest BCUT2D eigenvalue weighted by Gasteiger charge is -2.07. The van der Waals surface area contributed by atoms with Gasteiger partial charge in [0.05, 0.1) is 0 Å². The standard InChI is InChI=1S/C13H17BrN4O/c1-4-5-18-7-10(14)6-11(18)13(19)15-12-8(2)9(3)16-17-12/h6-7H,4-5H2,1-3H3,(H2,15,16,17,19). The maximum Gasteiger partial charge on any atom is 0.273 e. The number of aromatic amines is 1. The van der Waals surface area contributed by atoms with E-state index in [0.717, 1.165) is 28.7 Å². The molecule has 0 aromatic carbocycles. The van der Waals surface area contributed by atoms with E-state index in [1.807, 2.05) is 30.7 Å². The molecule has 2 aromatic rings. The van der Waals surface area contributed by atoms with E-state index < -0.39 is 0 Å². The van der Waals surface area contributed by atoms with Crippen molar-refractivity contribution in [1.82, 2.24) is 14.8 Å². The normalized spacial score (nSPS) is 10.7. The molecule has 0 unspecified atom stereocenters. The van der Waals surface area contributed by atoms with Gasteiger partial charge < -0.3 is 9.88 Å². The zero-order valence-electron chi connectivity index (χ0n) is 11.2. The van der Waals surface area contributed by atoms with Crippen LogP contribution in [-0.2, 0) is 6.54 Å². The number of carbonyl (C=O) groups excluding carboxylic acids is 1. The molecule has 0 saturated carbocycles. The van der Waals surface area contributed by atoms with Crippen LogP contribution in [0.3, 0.4) is 0 Å². The molecule has 2 N–H and O–H groups in total. The van der Waals surface area contributed by atoms with Gasteiger partial charge in [0.2, 0.25) is 0 Å². The topological polar surface area (TPSA) is 62.7 Å². The van der Waals surface area contributed by atoms with Gasteiger partial charge >= 0.3 is 0 Å². The number of anilines is 1. The fraction of sp³-hybridized carbons (Fsp3) is 0.385. The third-order valence-electron chi connectivity index (χ3n) is 3.05. The second-order valence-corrected chi connectivity index (χ2v) is 5.43. The van der Waals surface area contributed by atoms with Gasteiger partial charge in [-0.2, -0.15) is 5.10 Å². The lowest BCUT2D eigenvalue weighted by molar-refractivity contribution is 0.101. The monoisotopic (exact) mass is 324 g/mol. The Balaban J connectivity index is 2.22. The van der Waals surface area contributed by atoms with E-state index in [4.69, 9.17) is 0 Å².